The maximum Gasteiger partial charge on any atom is 0.123 e. The molecule has 0 saturated heterocycles. The first-order valence-electron chi connectivity index (χ1n) is 6.08. The Morgan fingerprint density at radius 3 is 2.47 bits per heavy atom. The first kappa shape index (κ1) is 14.5. The molecule has 0 aliphatic carbocycles. The minimum absolute atomic E-state index is 0.326. The summed E-state index contributed by atoms with van der Waals surface area (Å²) in [6, 6.07) is 4.58. The quantitative estimate of drug-likeness (QED) is 0.885. The van der Waals surface area contributed by atoms with E-state index < -0.39 is 0 Å². The van der Waals surface area contributed by atoms with Crippen LogP contribution in [0.4, 0.5) is 0 Å². The zero-order valence-electron chi connectivity index (χ0n) is 11.3. The fourth-order valence-electron chi connectivity index (χ4n) is 2.01. The molecule has 17 heavy (non-hydrogen) atoms. The van der Waals surface area contributed by atoms with Gasteiger partial charge in [0.2, 0.25) is 0 Å². The molecular weight excluding hydrogens is 278 g/mol. The zero-order valence-corrected chi connectivity index (χ0v) is 12.9. The van der Waals surface area contributed by atoms with E-state index in [2.05, 4.69) is 61.1 Å². The number of methoxy groups -OCH3 is 1. The van der Waals surface area contributed by atoms with Gasteiger partial charge in [-0.2, -0.15) is 0 Å². The molecule has 0 radical (unpaired) electrons. The van der Waals surface area contributed by atoms with E-state index in [1.807, 2.05) is 0 Å². The summed E-state index contributed by atoms with van der Waals surface area (Å²) in [7, 11) is 1.73. The van der Waals surface area contributed by atoms with Crippen molar-refractivity contribution in [3.63, 3.8) is 0 Å². The number of benzene rings is 1. The Balaban J connectivity index is 3.21. The third kappa shape index (κ3) is 3.46. The Labute approximate surface area is 113 Å². The third-order valence-corrected chi connectivity index (χ3v) is 3.79. The average Bonchev–Trinajstić information content (AvgIpc) is 2.29. The molecule has 0 fully saturated rings. The van der Waals surface area contributed by atoms with E-state index in [0.29, 0.717) is 12.0 Å². The fourth-order valence-corrected chi connectivity index (χ4v) is 2.38. The Hall–Kier alpha value is -0.540. The first-order valence-corrected chi connectivity index (χ1v) is 6.88. The summed E-state index contributed by atoms with van der Waals surface area (Å²) in [4.78, 5) is 0. The Kier molecular flexibility index (Phi) is 5.47. The Bertz CT molecular complexity index is 377. The van der Waals surface area contributed by atoms with Gasteiger partial charge in [-0.1, -0.05) is 36.7 Å². The molecule has 3 heteroatoms. The van der Waals surface area contributed by atoms with Gasteiger partial charge in [0, 0.05) is 16.1 Å². The molecule has 0 aliphatic rings. The van der Waals surface area contributed by atoms with Crippen LogP contribution in [0.2, 0.25) is 0 Å². The standard InChI is InChI=1S/C14H22BrNO/c1-6-16-14(9(2)3)11-8-12(15)10(4)7-13(11)17-5/h7-9,14,16H,6H2,1-5H3. The van der Waals surface area contributed by atoms with Crippen molar-refractivity contribution >= 4 is 15.9 Å². The van der Waals surface area contributed by atoms with Crippen LogP contribution in [0.1, 0.15) is 37.9 Å². The van der Waals surface area contributed by atoms with Gasteiger partial charge in [-0.05, 0) is 37.1 Å². The van der Waals surface area contributed by atoms with Crippen LogP contribution in [-0.2, 0) is 0 Å². The van der Waals surface area contributed by atoms with Crippen molar-refractivity contribution in [1.82, 2.24) is 5.32 Å². The molecule has 0 spiro atoms. The molecule has 2 nitrogen and oxygen atoms in total. The van der Waals surface area contributed by atoms with Gasteiger partial charge in [-0.25, -0.2) is 0 Å². The summed E-state index contributed by atoms with van der Waals surface area (Å²) < 4.78 is 6.63. The van der Waals surface area contributed by atoms with Gasteiger partial charge in [0.05, 0.1) is 7.11 Å². The molecule has 0 aromatic heterocycles. The highest BCUT2D eigenvalue weighted by Gasteiger charge is 2.19. The molecule has 96 valence electrons. The van der Waals surface area contributed by atoms with Gasteiger partial charge < -0.3 is 10.1 Å². The summed E-state index contributed by atoms with van der Waals surface area (Å²) >= 11 is 3.59. The van der Waals surface area contributed by atoms with Gasteiger partial charge in [-0.15, -0.1) is 0 Å². The smallest absolute Gasteiger partial charge is 0.123 e. The van der Waals surface area contributed by atoms with Gasteiger partial charge in [0.1, 0.15) is 5.75 Å². The SMILES string of the molecule is CCNC(c1cc(Br)c(C)cc1OC)C(C)C. The predicted octanol–water partition coefficient (Wildman–Crippen LogP) is 4.07. The minimum Gasteiger partial charge on any atom is -0.496 e. The second-order valence-corrected chi connectivity index (χ2v) is 5.48. The average molecular weight is 300 g/mol. The lowest BCUT2D eigenvalue weighted by atomic mass is 9.94. The van der Waals surface area contributed by atoms with Crippen molar-refractivity contribution in [2.75, 3.05) is 13.7 Å². The number of aryl methyl sites for hydroxylation is 1. The van der Waals surface area contributed by atoms with Crippen LogP contribution in [0.5, 0.6) is 5.75 Å². The maximum atomic E-state index is 5.50. The van der Waals surface area contributed by atoms with Crippen molar-refractivity contribution in [2.45, 2.75) is 33.7 Å². The molecule has 0 bridgehead atoms. The van der Waals surface area contributed by atoms with E-state index in [-0.39, 0.29) is 0 Å². The van der Waals surface area contributed by atoms with E-state index in [1.165, 1.54) is 11.1 Å². The fraction of sp³-hybridized carbons (Fsp3) is 0.571. The highest BCUT2D eigenvalue weighted by molar-refractivity contribution is 9.10. The lowest BCUT2D eigenvalue weighted by Crippen LogP contribution is -2.26. The molecule has 0 aliphatic heterocycles. The molecule has 1 rings (SSSR count). The number of halogens is 1. The molecule has 1 atom stereocenters. The van der Waals surface area contributed by atoms with Crippen LogP contribution in [0.15, 0.2) is 16.6 Å². The lowest BCUT2D eigenvalue weighted by molar-refractivity contribution is 0.373. The van der Waals surface area contributed by atoms with E-state index in [1.54, 1.807) is 7.11 Å². The van der Waals surface area contributed by atoms with Crippen LogP contribution in [0.25, 0.3) is 0 Å². The van der Waals surface area contributed by atoms with Crippen molar-refractivity contribution in [2.24, 2.45) is 5.92 Å². The van der Waals surface area contributed by atoms with E-state index in [9.17, 15) is 0 Å². The van der Waals surface area contributed by atoms with Gasteiger partial charge in [0.25, 0.3) is 0 Å². The van der Waals surface area contributed by atoms with Crippen molar-refractivity contribution in [3.8, 4) is 5.75 Å². The number of ether oxygens (including phenoxy) is 1. The number of nitrogens with one attached hydrogen (secondary N) is 1. The lowest BCUT2D eigenvalue weighted by Gasteiger charge is -2.25. The van der Waals surface area contributed by atoms with Crippen molar-refractivity contribution in [3.05, 3.63) is 27.7 Å². The first-order chi connectivity index (χ1) is 8.01. The van der Waals surface area contributed by atoms with E-state index in [4.69, 9.17) is 4.74 Å². The molecule has 1 aromatic rings. The Morgan fingerprint density at radius 1 is 1.35 bits per heavy atom. The second-order valence-electron chi connectivity index (χ2n) is 4.62. The van der Waals surface area contributed by atoms with Crippen LogP contribution in [0, 0.1) is 12.8 Å². The van der Waals surface area contributed by atoms with Crippen LogP contribution in [-0.4, -0.2) is 13.7 Å². The molecule has 1 unspecified atom stereocenters. The molecule has 1 aromatic carbocycles. The number of rotatable bonds is 5. The highest BCUT2D eigenvalue weighted by atomic mass is 79.9. The van der Waals surface area contributed by atoms with Gasteiger partial charge in [-0.3, -0.25) is 0 Å². The largest absolute Gasteiger partial charge is 0.496 e. The van der Waals surface area contributed by atoms with Crippen LogP contribution < -0.4 is 10.1 Å². The van der Waals surface area contributed by atoms with Crippen LogP contribution in [0.3, 0.4) is 0 Å². The van der Waals surface area contributed by atoms with E-state index >= 15 is 0 Å². The predicted molar refractivity (Wildman–Crippen MR) is 76.7 cm³/mol. The third-order valence-electron chi connectivity index (χ3n) is 2.94. The van der Waals surface area contributed by atoms with Crippen LogP contribution >= 0.6 is 15.9 Å². The monoisotopic (exact) mass is 299 g/mol. The summed E-state index contributed by atoms with van der Waals surface area (Å²) in [5.74, 6) is 1.49. The molecule has 0 saturated carbocycles. The topological polar surface area (TPSA) is 21.3 Å². The molecule has 0 heterocycles. The van der Waals surface area contributed by atoms with Gasteiger partial charge in [0.15, 0.2) is 0 Å². The molecule has 1 N–H and O–H groups in total. The van der Waals surface area contributed by atoms with Gasteiger partial charge >= 0.3 is 0 Å². The normalized spacial score (nSPS) is 12.9. The minimum atomic E-state index is 0.326. The summed E-state index contributed by atoms with van der Waals surface area (Å²) in [5.41, 5.74) is 2.42. The second kappa shape index (κ2) is 6.41. The highest BCUT2D eigenvalue weighted by Crippen LogP contribution is 2.34. The molecular formula is C14H22BrNO. The number of hydrogen-bond donors (Lipinski definition) is 1. The van der Waals surface area contributed by atoms with Crippen molar-refractivity contribution < 1.29 is 4.74 Å². The summed E-state index contributed by atoms with van der Waals surface area (Å²) in [6.45, 7) is 9.61. The zero-order chi connectivity index (χ0) is 13.0. The number of hydrogen-bond acceptors (Lipinski definition) is 2. The summed E-state index contributed by atoms with van der Waals surface area (Å²) in [6.07, 6.45) is 0. The van der Waals surface area contributed by atoms with E-state index in [0.717, 1.165) is 16.8 Å². The summed E-state index contributed by atoms with van der Waals surface area (Å²) in [5, 5.41) is 3.52. The van der Waals surface area contributed by atoms with Crippen molar-refractivity contribution in [1.29, 1.82) is 0 Å². The Morgan fingerprint density at radius 2 is 2.00 bits per heavy atom. The maximum absolute atomic E-state index is 5.50. The molecule has 0 amide bonds.